The summed E-state index contributed by atoms with van der Waals surface area (Å²) in [6, 6.07) is 10.9. The Labute approximate surface area is 163 Å². The number of hydrogen-bond donors (Lipinski definition) is 2. The van der Waals surface area contributed by atoms with Gasteiger partial charge in [-0.1, -0.05) is 35.9 Å². The van der Waals surface area contributed by atoms with E-state index in [1.54, 1.807) is 0 Å². The van der Waals surface area contributed by atoms with Crippen LogP contribution in [0.15, 0.2) is 30.3 Å². The summed E-state index contributed by atoms with van der Waals surface area (Å²) >= 11 is 0. The quantitative estimate of drug-likeness (QED) is 0.768. The zero-order valence-electron chi connectivity index (χ0n) is 17.3. The van der Waals surface area contributed by atoms with Gasteiger partial charge in [-0.3, -0.25) is 10.1 Å². The Morgan fingerprint density at radius 1 is 0.926 bits per heavy atom. The minimum absolute atomic E-state index is 0.00913. The summed E-state index contributed by atoms with van der Waals surface area (Å²) in [6.07, 6.45) is 4.96. The standard InChI is InChI=1S/C24H32N2O/c1-15-12-16(2)23(17(3)13-15)26-24(27)19(5)25-18(4)21-11-10-20-8-6-7-9-22(20)14-21/h10-14,18-19,25H,6-9H2,1-5H3,(H,26,27)/t18-,19+/m1/s1. The van der Waals surface area contributed by atoms with Crippen LogP contribution in [-0.4, -0.2) is 11.9 Å². The van der Waals surface area contributed by atoms with Crippen LogP contribution in [-0.2, 0) is 17.6 Å². The first-order chi connectivity index (χ1) is 12.8. The van der Waals surface area contributed by atoms with E-state index < -0.39 is 0 Å². The molecule has 2 N–H and O–H groups in total. The molecule has 3 rings (SSSR count). The highest BCUT2D eigenvalue weighted by Crippen LogP contribution is 2.25. The molecule has 0 spiro atoms. The molecule has 0 aliphatic heterocycles. The molecule has 0 bridgehead atoms. The van der Waals surface area contributed by atoms with Crippen LogP contribution in [0.4, 0.5) is 5.69 Å². The molecule has 0 saturated carbocycles. The lowest BCUT2D eigenvalue weighted by atomic mass is 9.89. The van der Waals surface area contributed by atoms with Gasteiger partial charge < -0.3 is 5.32 Å². The van der Waals surface area contributed by atoms with E-state index in [4.69, 9.17) is 0 Å². The third-order valence-electron chi connectivity index (χ3n) is 5.69. The number of anilines is 1. The highest BCUT2D eigenvalue weighted by Gasteiger charge is 2.19. The van der Waals surface area contributed by atoms with Crippen LogP contribution in [0.1, 0.15) is 66.1 Å². The Bertz CT molecular complexity index is 817. The summed E-state index contributed by atoms with van der Waals surface area (Å²) in [6.45, 7) is 10.2. The topological polar surface area (TPSA) is 41.1 Å². The Morgan fingerprint density at radius 3 is 2.22 bits per heavy atom. The summed E-state index contributed by atoms with van der Waals surface area (Å²) in [4.78, 5) is 12.7. The Morgan fingerprint density at radius 2 is 1.56 bits per heavy atom. The molecule has 1 aliphatic carbocycles. The van der Waals surface area contributed by atoms with Gasteiger partial charge in [-0.05, 0) is 88.1 Å². The van der Waals surface area contributed by atoms with Crippen molar-refractivity contribution in [2.75, 3.05) is 5.32 Å². The van der Waals surface area contributed by atoms with Crippen LogP contribution in [0.3, 0.4) is 0 Å². The monoisotopic (exact) mass is 364 g/mol. The smallest absolute Gasteiger partial charge is 0.241 e. The summed E-state index contributed by atoms with van der Waals surface area (Å²) < 4.78 is 0. The van der Waals surface area contributed by atoms with E-state index in [0.717, 1.165) is 16.8 Å². The minimum Gasteiger partial charge on any atom is -0.324 e. The van der Waals surface area contributed by atoms with Gasteiger partial charge in [0.15, 0.2) is 0 Å². The van der Waals surface area contributed by atoms with Gasteiger partial charge in [-0.25, -0.2) is 0 Å². The van der Waals surface area contributed by atoms with Crippen molar-refractivity contribution in [3.8, 4) is 0 Å². The third-order valence-corrected chi connectivity index (χ3v) is 5.69. The lowest BCUT2D eigenvalue weighted by molar-refractivity contribution is -0.117. The first-order valence-electron chi connectivity index (χ1n) is 10.1. The average Bonchev–Trinajstić information content (AvgIpc) is 2.63. The van der Waals surface area contributed by atoms with Gasteiger partial charge in [0.2, 0.25) is 5.91 Å². The van der Waals surface area contributed by atoms with E-state index >= 15 is 0 Å². The van der Waals surface area contributed by atoms with Gasteiger partial charge >= 0.3 is 0 Å². The lowest BCUT2D eigenvalue weighted by Gasteiger charge is -2.23. The second-order valence-corrected chi connectivity index (χ2v) is 8.11. The van der Waals surface area contributed by atoms with Crippen LogP contribution in [0, 0.1) is 20.8 Å². The predicted molar refractivity (Wildman–Crippen MR) is 113 cm³/mol. The fourth-order valence-electron chi connectivity index (χ4n) is 4.18. The van der Waals surface area contributed by atoms with Crippen LogP contribution in [0.25, 0.3) is 0 Å². The van der Waals surface area contributed by atoms with Gasteiger partial charge in [-0.15, -0.1) is 0 Å². The number of rotatable bonds is 5. The van der Waals surface area contributed by atoms with E-state index in [0.29, 0.717) is 0 Å². The summed E-state index contributed by atoms with van der Waals surface area (Å²) in [5.41, 5.74) is 8.60. The molecule has 1 amide bonds. The van der Waals surface area contributed by atoms with Crippen molar-refractivity contribution in [1.82, 2.24) is 5.32 Å². The molecular formula is C24H32N2O. The van der Waals surface area contributed by atoms with Crippen LogP contribution < -0.4 is 10.6 Å². The van der Waals surface area contributed by atoms with Crippen LogP contribution >= 0.6 is 0 Å². The molecular weight excluding hydrogens is 332 g/mol. The van der Waals surface area contributed by atoms with Crippen molar-refractivity contribution >= 4 is 11.6 Å². The van der Waals surface area contributed by atoms with Gasteiger partial charge in [0.1, 0.15) is 0 Å². The van der Waals surface area contributed by atoms with E-state index in [1.807, 2.05) is 20.8 Å². The van der Waals surface area contributed by atoms with E-state index in [9.17, 15) is 4.79 Å². The van der Waals surface area contributed by atoms with Crippen molar-refractivity contribution in [3.63, 3.8) is 0 Å². The first-order valence-corrected chi connectivity index (χ1v) is 10.1. The first kappa shape index (κ1) is 19.6. The molecule has 3 nitrogen and oxygen atoms in total. The van der Waals surface area contributed by atoms with Crippen molar-refractivity contribution in [3.05, 3.63) is 63.7 Å². The van der Waals surface area contributed by atoms with Crippen molar-refractivity contribution < 1.29 is 4.79 Å². The fraction of sp³-hybridized carbons (Fsp3) is 0.458. The summed E-state index contributed by atoms with van der Waals surface area (Å²) in [5.74, 6) is 0.00913. The number of benzene rings is 2. The zero-order chi connectivity index (χ0) is 19.6. The minimum atomic E-state index is -0.267. The molecule has 0 aromatic heterocycles. The van der Waals surface area contributed by atoms with Gasteiger partial charge in [0.05, 0.1) is 6.04 Å². The maximum atomic E-state index is 12.7. The van der Waals surface area contributed by atoms with Gasteiger partial charge in [-0.2, -0.15) is 0 Å². The number of nitrogens with one attached hydrogen (secondary N) is 2. The molecule has 0 fully saturated rings. The largest absolute Gasteiger partial charge is 0.324 e. The molecule has 2 atom stereocenters. The summed E-state index contributed by atoms with van der Waals surface area (Å²) in [7, 11) is 0. The van der Waals surface area contributed by atoms with Crippen LogP contribution in [0.5, 0.6) is 0 Å². The molecule has 2 aromatic rings. The van der Waals surface area contributed by atoms with Gasteiger partial charge in [0, 0.05) is 11.7 Å². The van der Waals surface area contributed by atoms with Gasteiger partial charge in [0.25, 0.3) is 0 Å². The molecule has 0 saturated heterocycles. The lowest BCUT2D eigenvalue weighted by Crippen LogP contribution is -2.39. The number of fused-ring (bicyclic) bond motifs is 1. The Balaban J connectivity index is 1.66. The maximum Gasteiger partial charge on any atom is 0.241 e. The van der Waals surface area contributed by atoms with E-state index in [2.05, 4.69) is 54.8 Å². The molecule has 1 aliphatic rings. The zero-order valence-corrected chi connectivity index (χ0v) is 17.3. The summed E-state index contributed by atoms with van der Waals surface area (Å²) in [5, 5.41) is 6.57. The molecule has 144 valence electrons. The average molecular weight is 365 g/mol. The van der Waals surface area contributed by atoms with Crippen molar-refractivity contribution in [1.29, 1.82) is 0 Å². The normalized spacial score (nSPS) is 15.7. The highest BCUT2D eigenvalue weighted by atomic mass is 16.2. The number of carbonyl (C=O) groups excluding carboxylic acids is 1. The number of hydrogen-bond acceptors (Lipinski definition) is 2. The predicted octanol–water partition coefficient (Wildman–Crippen LogP) is 5.17. The third kappa shape index (κ3) is 4.59. The molecule has 27 heavy (non-hydrogen) atoms. The molecule has 2 aromatic carbocycles. The van der Waals surface area contributed by atoms with Crippen molar-refractivity contribution in [2.45, 2.75) is 72.4 Å². The van der Waals surface area contributed by atoms with Crippen molar-refractivity contribution in [2.24, 2.45) is 0 Å². The number of amides is 1. The highest BCUT2D eigenvalue weighted by molar-refractivity contribution is 5.96. The van der Waals surface area contributed by atoms with E-state index in [-0.39, 0.29) is 18.0 Å². The molecule has 0 heterocycles. The second kappa shape index (κ2) is 8.26. The molecule has 0 unspecified atom stereocenters. The Hall–Kier alpha value is -2.13. The fourth-order valence-corrected chi connectivity index (χ4v) is 4.18. The maximum absolute atomic E-state index is 12.7. The second-order valence-electron chi connectivity index (χ2n) is 8.11. The molecule has 0 radical (unpaired) electrons. The van der Waals surface area contributed by atoms with Crippen LogP contribution in [0.2, 0.25) is 0 Å². The Kier molecular flexibility index (Phi) is 6.01. The SMILES string of the molecule is Cc1cc(C)c(NC(=O)[C@H](C)N[C@H](C)c2ccc3c(c2)CCCC3)c(C)c1. The van der Waals surface area contributed by atoms with E-state index in [1.165, 1.54) is 47.9 Å². The molecule has 3 heteroatoms. The number of carbonyl (C=O) groups is 1. The number of aryl methyl sites for hydroxylation is 5.